The normalized spacial score (nSPS) is 17.9. The summed E-state index contributed by atoms with van der Waals surface area (Å²) in [5, 5.41) is 5.32. The zero-order valence-electron chi connectivity index (χ0n) is 16.8. The molecular formula is C24H19ClFN3O3. The molecular weight excluding hydrogens is 433 g/mol. The van der Waals surface area contributed by atoms with Gasteiger partial charge in [0.1, 0.15) is 12.4 Å². The van der Waals surface area contributed by atoms with E-state index in [2.05, 4.69) is 10.6 Å². The van der Waals surface area contributed by atoms with Crippen LogP contribution in [0.1, 0.15) is 11.1 Å². The Bertz CT molecular complexity index is 1170. The third-order valence-electron chi connectivity index (χ3n) is 5.26. The Kier molecular flexibility index (Phi) is 5.92. The Balaban J connectivity index is 1.60. The topological polar surface area (TPSA) is 78.5 Å². The molecule has 0 saturated carbocycles. The van der Waals surface area contributed by atoms with E-state index in [1.807, 2.05) is 36.4 Å². The standard InChI is InChI=1S/C24H19ClFN3O3/c25-19-13-18(26)11-12-20(19)27-21(30)15-29-22(31)24(28-23(29)32,17-9-5-2-6-10-17)14-16-7-3-1-4-8-16/h1-13H,14-15H2,(H,27,30)(H,28,32). The first-order chi connectivity index (χ1) is 15.4. The van der Waals surface area contributed by atoms with E-state index in [9.17, 15) is 18.8 Å². The van der Waals surface area contributed by atoms with E-state index in [0.29, 0.717) is 5.56 Å². The summed E-state index contributed by atoms with van der Waals surface area (Å²) in [6, 6.07) is 21.1. The molecule has 6 nitrogen and oxygen atoms in total. The largest absolute Gasteiger partial charge is 0.325 e. The molecule has 1 saturated heterocycles. The fraction of sp³-hybridized carbons (Fsp3) is 0.125. The molecule has 4 rings (SSSR count). The van der Waals surface area contributed by atoms with Gasteiger partial charge < -0.3 is 10.6 Å². The molecule has 8 heteroatoms. The molecule has 1 heterocycles. The number of halogens is 2. The van der Waals surface area contributed by atoms with Crippen LogP contribution in [0.15, 0.2) is 78.9 Å². The van der Waals surface area contributed by atoms with Gasteiger partial charge in [-0.05, 0) is 29.3 Å². The molecule has 1 aliphatic heterocycles. The molecule has 162 valence electrons. The Hall–Kier alpha value is -3.71. The van der Waals surface area contributed by atoms with Crippen LogP contribution in [-0.2, 0) is 21.5 Å². The van der Waals surface area contributed by atoms with Crippen molar-refractivity contribution in [1.82, 2.24) is 10.2 Å². The van der Waals surface area contributed by atoms with Gasteiger partial charge in [-0.15, -0.1) is 0 Å². The third kappa shape index (κ3) is 4.20. The highest BCUT2D eigenvalue weighted by Crippen LogP contribution is 2.33. The number of nitrogens with zero attached hydrogens (tertiary/aromatic N) is 1. The zero-order chi connectivity index (χ0) is 22.7. The van der Waals surface area contributed by atoms with E-state index in [1.54, 1.807) is 24.3 Å². The number of imide groups is 1. The number of benzene rings is 3. The zero-order valence-corrected chi connectivity index (χ0v) is 17.6. The number of hydrogen-bond donors (Lipinski definition) is 2. The maximum atomic E-state index is 13.5. The van der Waals surface area contributed by atoms with Gasteiger partial charge in [0.2, 0.25) is 5.91 Å². The lowest BCUT2D eigenvalue weighted by atomic mass is 9.83. The van der Waals surface area contributed by atoms with Gasteiger partial charge in [-0.2, -0.15) is 0 Å². The van der Waals surface area contributed by atoms with Gasteiger partial charge in [0, 0.05) is 6.42 Å². The predicted octanol–water partition coefficient (Wildman–Crippen LogP) is 4.11. The molecule has 3 aromatic carbocycles. The monoisotopic (exact) mass is 451 g/mol. The first-order valence-electron chi connectivity index (χ1n) is 9.87. The fourth-order valence-corrected chi connectivity index (χ4v) is 3.95. The number of carbonyl (C=O) groups is 3. The van der Waals surface area contributed by atoms with E-state index in [4.69, 9.17) is 11.6 Å². The van der Waals surface area contributed by atoms with Gasteiger partial charge >= 0.3 is 6.03 Å². The smallest absolute Gasteiger partial charge is 0.323 e. The molecule has 3 aromatic rings. The summed E-state index contributed by atoms with van der Waals surface area (Å²) in [5.74, 6) is -1.71. The van der Waals surface area contributed by atoms with Crippen LogP contribution in [0, 0.1) is 5.82 Å². The summed E-state index contributed by atoms with van der Waals surface area (Å²) in [4.78, 5) is 39.8. The van der Waals surface area contributed by atoms with Crippen LogP contribution >= 0.6 is 11.6 Å². The second-order valence-electron chi connectivity index (χ2n) is 7.43. The van der Waals surface area contributed by atoms with Gasteiger partial charge in [0.05, 0.1) is 10.7 Å². The van der Waals surface area contributed by atoms with Crippen molar-refractivity contribution in [3.63, 3.8) is 0 Å². The van der Waals surface area contributed by atoms with Crippen LogP contribution in [0.3, 0.4) is 0 Å². The minimum absolute atomic E-state index is 0.0123. The van der Waals surface area contributed by atoms with Crippen molar-refractivity contribution in [2.24, 2.45) is 0 Å². The van der Waals surface area contributed by atoms with Crippen molar-refractivity contribution in [1.29, 1.82) is 0 Å². The Morgan fingerprint density at radius 1 is 1.00 bits per heavy atom. The van der Waals surface area contributed by atoms with Crippen molar-refractivity contribution >= 4 is 35.1 Å². The van der Waals surface area contributed by atoms with E-state index in [0.717, 1.165) is 22.6 Å². The SMILES string of the molecule is O=C(CN1C(=O)NC(Cc2ccccc2)(c2ccccc2)C1=O)Nc1ccc(F)cc1Cl. The molecule has 1 aliphatic rings. The summed E-state index contributed by atoms with van der Waals surface area (Å²) in [5.41, 5.74) is 0.317. The molecule has 0 aromatic heterocycles. The highest BCUT2D eigenvalue weighted by atomic mass is 35.5. The van der Waals surface area contributed by atoms with E-state index < -0.39 is 35.7 Å². The molecule has 1 fully saturated rings. The minimum atomic E-state index is -1.34. The highest BCUT2D eigenvalue weighted by Gasteiger charge is 2.52. The Labute approximate surface area is 189 Å². The van der Waals surface area contributed by atoms with Crippen molar-refractivity contribution in [2.45, 2.75) is 12.0 Å². The van der Waals surface area contributed by atoms with E-state index in [1.165, 1.54) is 6.07 Å². The van der Waals surface area contributed by atoms with E-state index >= 15 is 0 Å². The molecule has 32 heavy (non-hydrogen) atoms. The summed E-state index contributed by atoms with van der Waals surface area (Å²) in [6.07, 6.45) is 0.227. The summed E-state index contributed by atoms with van der Waals surface area (Å²) in [6.45, 7) is -0.512. The minimum Gasteiger partial charge on any atom is -0.323 e. The van der Waals surface area contributed by atoms with Crippen molar-refractivity contribution in [2.75, 3.05) is 11.9 Å². The lowest BCUT2D eigenvalue weighted by molar-refractivity contribution is -0.134. The second-order valence-corrected chi connectivity index (χ2v) is 7.83. The molecule has 0 aliphatic carbocycles. The predicted molar refractivity (Wildman–Crippen MR) is 119 cm³/mol. The van der Waals surface area contributed by atoms with Gasteiger partial charge in [-0.3, -0.25) is 14.5 Å². The number of carbonyl (C=O) groups excluding carboxylic acids is 3. The number of rotatable bonds is 6. The van der Waals surface area contributed by atoms with Crippen LogP contribution in [0.2, 0.25) is 5.02 Å². The number of anilines is 1. The molecule has 0 spiro atoms. The molecule has 0 bridgehead atoms. The molecule has 0 radical (unpaired) electrons. The quantitative estimate of drug-likeness (QED) is 0.554. The van der Waals surface area contributed by atoms with Gasteiger partial charge in [-0.1, -0.05) is 72.3 Å². The lowest BCUT2D eigenvalue weighted by Crippen LogP contribution is -2.46. The van der Waals surface area contributed by atoms with E-state index in [-0.39, 0.29) is 17.1 Å². The maximum absolute atomic E-state index is 13.5. The number of hydrogen-bond acceptors (Lipinski definition) is 3. The molecule has 4 amide bonds. The fourth-order valence-electron chi connectivity index (χ4n) is 3.74. The van der Waals surface area contributed by atoms with Crippen LogP contribution in [0.4, 0.5) is 14.9 Å². The van der Waals surface area contributed by atoms with Gasteiger partial charge in [0.25, 0.3) is 5.91 Å². The number of nitrogens with one attached hydrogen (secondary N) is 2. The lowest BCUT2D eigenvalue weighted by Gasteiger charge is -2.27. The van der Waals surface area contributed by atoms with Crippen LogP contribution in [0.5, 0.6) is 0 Å². The van der Waals surface area contributed by atoms with Crippen LogP contribution in [-0.4, -0.2) is 29.3 Å². The maximum Gasteiger partial charge on any atom is 0.325 e. The Morgan fingerprint density at radius 2 is 1.66 bits per heavy atom. The number of urea groups is 1. The summed E-state index contributed by atoms with van der Waals surface area (Å²) in [7, 11) is 0. The third-order valence-corrected chi connectivity index (χ3v) is 5.57. The second kappa shape index (κ2) is 8.80. The van der Waals surface area contributed by atoms with Crippen LogP contribution in [0.25, 0.3) is 0 Å². The van der Waals surface area contributed by atoms with Crippen molar-refractivity contribution in [3.8, 4) is 0 Å². The first kappa shape index (κ1) is 21.5. The van der Waals surface area contributed by atoms with Gasteiger partial charge in [0.15, 0.2) is 5.54 Å². The van der Waals surface area contributed by atoms with Crippen LogP contribution < -0.4 is 10.6 Å². The van der Waals surface area contributed by atoms with Gasteiger partial charge in [-0.25, -0.2) is 9.18 Å². The summed E-state index contributed by atoms with van der Waals surface area (Å²) < 4.78 is 13.2. The highest BCUT2D eigenvalue weighted by molar-refractivity contribution is 6.33. The molecule has 2 N–H and O–H groups in total. The molecule has 1 atom stereocenters. The number of amides is 4. The first-order valence-corrected chi connectivity index (χ1v) is 10.3. The average molecular weight is 452 g/mol. The van der Waals surface area contributed by atoms with Crippen molar-refractivity contribution < 1.29 is 18.8 Å². The average Bonchev–Trinajstić information content (AvgIpc) is 3.02. The summed E-state index contributed by atoms with van der Waals surface area (Å²) >= 11 is 5.95. The van der Waals surface area contributed by atoms with Crippen molar-refractivity contribution in [3.05, 3.63) is 101 Å². The Morgan fingerprint density at radius 3 is 2.31 bits per heavy atom. The molecule has 1 unspecified atom stereocenters.